The highest BCUT2D eigenvalue weighted by Crippen LogP contribution is 2.14. The molecule has 5 heteroatoms. The molecule has 0 spiro atoms. The SMILES string of the molecule is NC[C@H]1CN(Cc2ccco2)C(=O)O1. The number of furan rings is 1. The normalized spacial score (nSPS) is 21.4. The highest BCUT2D eigenvalue weighted by Gasteiger charge is 2.30. The van der Waals surface area contributed by atoms with Crippen molar-refractivity contribution in [2.75, 3.05) is 13.1 Å². The summed E-state index contributed by atoms with van der Waals surface area (Å²) in [4.78, 5) is 12.9. The molecule has 0 radical (unpaired) electrons. The van der Waals surface area contributed by atoms with Crippen molar-refractivity contribution in [3.63, 3.8) is 0 Å². The van der Waals surface area contributed by atoms with Crippen molar-refractivity contribution in [3.05, 3.63) is 24.2 Å². The Bertz CT molecular complexity index is 310. The number of amides is 1. The monoisotopic (exact) mass is 196 g/mol. The lowest BCUT2D eigenvalue weighted by molar-refractivity contribution is 0.133. The number of rotatable bonds is 3. The van der Waals surface area contributed by atoms with Crippen LogP contribution in [0.5, 0.6) is 0 Å². The van der Waals surface area contributed by atoms with Crippen LogP contribution < -0.4 is 5.73 Å². The smallest absolute Gasteiger partial charge is 0.410 e. The molecule has 0 bridgehead atoms. The molecular weight excluding hydrogens is 184 g/mol. The summed E-state index contributed by atoms with van der Waals surface area (Å²) in [6.07, 6.45) is 1.08. The molecule has 1 aromatic heterocycles. The predicted molar refractivity (Wildman–Crippen MR) is 48.4 cm³/mol. The van der Waals surface area contributed by atoms with Crippen LogP contribution in [-0.4, -0.2) is 30.2 Å². The number of hydrogen-bond donors (Lipinski definition) is 1. The molecule has 2 rings (SSSR count). The van der Waals surface area contributed by atoms with Crippen LogP contribution in [0.4, 0.5) is 4.79 Å². The van der Waals surface area contributed by atoms with Crippen LogP contribution in [0.2, 0.25) is 0 Å². The second-order valence-electron chi connectivity index (χ2n) is 3.20. The first-order valence-electron chi connectivity index (χ1n) is 4.47. The second-order valence-corrected chi connectivity index (χ2v) is 3.20. The maximum absolute atomic E-state index is 11.3. The molecule has 2 heterocycles. The van der Waals surface area contributed by atoms with Crippen LogP contribution in [0.3, 0.4) is 0 Å². The molecule has 1 fully saturated rings. The van der Waals surface area contributed by atoms with Gasteiger partial charge in [-0.25, -0.2) is 4.79 Å². The van der Waals surface area contributed by atoms with Crippen LogP contribution in [0.1, 0.15) is 5.76 Å². The molecule has 76 valence electrons. The third kappa shape index (κ3) is 1.72. The molecule has 2 N–H and O–H groups in total. The Kier molecular flexibility index (Phi) is 2.41. The van der Waals surface area contributed by atoms with Crippen molar-refractivity contribution < 1.29 is 13.9 Å². The van der Waals surface area contributed by atoms with Crippen LogP contribution in [0.15, 0.2) is 22.8 Å². The van der Waals surface area contributed by atoms with Gasteiger partial charge < -0.3 is 14.9 Å². The second kappa shape index (κ2) is 3.71. The quantitative estimate of drug-likeness (QED) is 0.766. The lowest BCUT2D eigenvalue weighted by Crippen LogP contribution is -2.27. The summed E-state index contributed by atoms with van der Waals surface area (Å²) >= 11 is 0. The van der Waals surface area contributed by atoms with Crippen LogP contribution in [-0.2, 0) is 11.3 Å². The molecule has 0 unspecified atom stereocenters. The average molecular weight is 196 g/mol. The van der Waals surface area contributed by atoms with Crippen molar-refractivity contribution in [1.29, 1.82) is 0 Å². The van der Waals surface area contributed by atoms with Gasteiger partial charge in [0.15, 0.2) is 0 Å². The van der Waals surface area contributed by atoms with E-state index in [1.165, 1.54) is 0 Å². The summed E-state index contributed by atoms with van der Waals surface area (Å²) in [7, 11) is 0. The Morgan fingerprint density at radius 1 is 1.64 bits per heavy atom. The van der Waals surface area contributed by atoms with E-state index in [-0.39, 0.29) is 12.2 Å². The van der Waals surface area contributed by atoms with Crippen molar-refractivity contribution in [1.82, 2.24) is 4.90 Å². The lowest BCUT2D eigenvalue weighted by Gasteiger charge is -2.09. The van der Waals surface area contributed by atoms with E-state index in [4.69, 9.17) is 14.9 Å². The van der Waals surface area contributed by atoms with Gasteiger partial charge in [0.1, 0.15) is 11.9 Å². The van der Waals surface area contributed by atoms with Crippen molar-refractivity contribution in [2.45, 2.75) is 12.6 Å². The molecule has 0 aromatic carbocycles. The number of cyclic esters (lactones) is 1. The topological polar surface area (TPSA) is 68.7 Å². The molecule has 0 saturated carbocycles. The van der Waals surface area contributed by atoms with E-state index in [2.05, 4.69) is 0 Å². The van der Waals surface area contributed by atoms with Gasteiger partial charge in [-0.1, -0.05) is 0 Å². The van der Waals surface area contributed by atoms with Gasteiger partial charge in [0.25, 0.3) is 0 Å². The number of carbonyl (C=O) groups excluding carboxylic acids is 1. The fourth-order valence-corrected chi connectivity index (χ4v) is 1.42. The standard InChI is InChI=1S/C9H12N2O3/c10-4-8-6-11(9(12)14-8)5-7-2-1-3-13-7/h1-3,8H,4-6,10H2/t8-/m0/s1. The first-order chi connectivity index (χ1) is 6.79. The Hall–Kier alpha value is -1.49. The van der Waals surface area contributed by atoms with E-state index in [1.54, 1.807) is 17.2 Å². The molecule has 1 aliphatic heterocycles. The molecule has 1 atom stereocenters. The zero-order valence-corrected chi connectivity index (χ0v) is 7.68. The predicted octanol–water partition coefficient (Wildman–Crippen LogP) is 0.559. The van der Waals surface area contributed by atoms with E-state index >= 15 is 0 Å². The molecule has 0 aliphatic carbocycles. The van der Waals surface area contributed by atoms with Gasteiger partial charge in [-0.15, -0.1) is 0 Å². The molecule has 1 amide bonds. The molecule has 1 aromatic rings. The molecule has 1 aliphatic rings. The number of ether oxygens (including phenoxy) is 1. The fraction of sp³-hybridized carbons (Fsp3) is 0.444. The number of carbonyl (C=O) groups is 1. The van der Waals surface area contributed by atoms with Gasteiger partial charge in [0.2, 0.25) is 0 Å². The van der Waals surface area contributed by atoms with Crippen molar-refractivity contribution in [2.24, 2.45) is 5.73 Å². The maximum Gasteiger partial charge on any atom is 0.410 e. The summed E-state index contributed by atoms with van der Waals surface area (Å²) in [6.45, 7) is 1.35. The summed E-state index contributed by atoms with van der Waals surface area (Å²) in [5.74, 6) is 0.750. The summed E-state index contributed by atoms with van der Waals surface area (Å²) in [5, 5.41) is 0. The average Bonchev–Trinajstić information content (AvgIpc) is 2.78. The zero-order chi connectivity index (χ0) is 9.97. The van der Waals surface area contributed by atoms with Crippen LogP contribution >= 0.6 is 0 Å². The summed E-state index contributed by atoms with van der Waals surface area (Å²) < 4.78 is 10.1. The van der Waals surface area contributed by atoms with Gasteiger partial charge in [0.05, 0.1) is 19.4 Å². The van der Waals surface area contributed by atoms with Crippen LogP contribution in [0.25, 0.3) is 0 Å². The maximum atomic E-state index is 11.3. The molecular formula is C9H12N2O3. The van der Waals surface area contributed by atoms with E-state index in [1.807, 2.05) is 6.07 Å². The first-order valence-corrected chi connectivity index (χ1v) is 4.47. The third-order valence-electron chi connectivity index (χ3n) is 2.14. The Balaban J connectivity index is 1.96. The largest absolute Gasteiger partial charge is 0.467 e. The van der Waals surface area contributed by atoms with Gasteiger partial charge >= 0.3 is 6.09 Å². The Morgan fingerprint density at radius 2 is 2.50 bits per heavy atom. The lowest BCUT2D eigenvalue weighted by atomic mass is 10.3. The zero-order valence-electron chi connectivity index (χ0n) is 7.68. The van der Waals surface area contributed by atoms with Gasteiger partial charge in [-0.2, -0.15) is 0 Å². The molecule has 1 saturated heterocycles. The summed E-state index contributed by atoms with van der Waals surface area (Å²) in [5.41, 5.74) is 5.40. The third-order valence-corrected chi connectivity index (χ3v) is 2.14. The number of hydrogen-bond acceptors (Lipinski definition) is 4. The number of nitrogens with zero attached hydrogens (tertiary/aromatic N) is 1. The Labute approximate surface area is 81.4 Å². The van der Waals surface area contributed by atoms with Crippen molar-refractivity contribution >= 4 is 6.09 Å². The minimum atomic E-state index is -0.322. The van der Waals surface area contributed by atoms with E-state index < -0.39 is 0 Å². The van der Waals surface area contributed by atoms with Gasteiger partial charge in [-0.3, -0.25) is 4.90 Å². The molecule has 14 heavy (non-hydrogen) atoms. The van der Waals surface area contributed by atoms with Gasteiger partial charge in [0, 0.05) is 6.54 Å². The number of nitrogens with two attached hydrogens (primary N) is 1. The van der Waals surface area contributed by atoms with Crippen LogP contribution in [0, 0.1) is 0 Å². The van der Waals surface area contributed by atoms with E-state index in [0.717, 1.165) is 5.76 Å². The highest BCUT2D eigenvalue weighted by molar-refractivity contribution is 5.69. The van der Waals surface area contributed by atoms with E-state index in [9.17, 15) is 4.79 Å². The Morgan fingerprint density at radius 3 is 3.07 bits per heavy atom. The molecule has 5 nitrogen and oxygen atoms in total. The minimum absolute atomic E-state index is 0.183. The fourth-order valence-electron chi connectivity index (χ4n) is 1.42. The van der Waals surface area contributed by atoms with Gasteiger partial charge in [-0.05, 0) is 12.1 Å². The van der Waals surface area contributed by atoms with E-state index in [0.29, 0.717) is 19.6 Å². The minimum Gasteiger partial charge on any atom is -0.467 e. The summed E-state index contributed by atoms with van der Waals surface area (Å²) in [6, 6.07) is 3.61. The van der Waals surface area contributed by atoms with Crippen molar-refractivity contribution in [3.8, 4) is 0 Å². The first kappa shape index (κ1) is 9.08. The highest BCUT2D eigenvalue weighted by atomic mass is 16.6.